The third-order valence-electron chi connectivity index (χ3n) is 6.05. The van der Waals surface area contributed by atoms with Crippen molar-refractivity contribution >= 4 is 39.9 Å². The molecule has 1 fully saturated rings. The van der Waals surface area contributed by atoms with E-state index in [-0.39, 0.29) is 24.1 Å². The zero-order chi connectivity index (χ0) is 22.9. The molecular weight excluding hydrogens is 440 g/mol. The van der Waals surface area contributed by atoms with Gasteiger partial charge in [0.15, 0.2) is 10.9 Å². The maximum Gasteiger partial charge on any atom is 0.231 e. The highest BCUT2D eigenvalue weighted by atomic mass is 32.1. The van der Waals surface area contributed by atoms with Crippen LogP contribution in [-0.2, 0) is 33.8 Å². The van der Waals surface area contributed by atoms with Crippen LogP contribution >= 0.6 is 11.3 Å². The molecule has 0 bridgehead atoms. The molecule has 170 valence electrons. The third kappa shape index (κ3) is 4.54. The Kier molecular flexibility index (Phi) is 5.72. The van der Waals surface area contributed by atoms with Gasteiger partial charge in [-0.2, -0.15) is 0 Å². The van der Waals surface area contributed by atoms with Crippen LogP contribution in [0, 0.1) is 5.92 Å². The van der Waals surface area contributed by atoms with E-state index in [1.54, 1.807) is 22.4 Å². The number of rotatable bonds is 6. The summed E-state index contributed by atoms with van der Waals surface area (Å²) in [6, 6.07) is 9.74. The van der Waals surface area contributed by atoms with Crippen LogP contribution in [0.1, 0.15) is 36.7 Å². The highest BCUT2D eigenvalue weighted by Crippen LogP contribution is 2.32. The van der Waals surface area contributed by atoms with Gasteiger partial charge in [-0.25, -0.2) is 4.98 Å². The van der Waals surface area contributed by atoms with Crippen LogP contribution in [0.3, 0.4) is 0 Å². The number of amides is 3. The Morgan fingerprint density at radius 2 is 2.06 bits per heavy atom. The molecule has 33 heavy (non-hydrogen) atoms. The molecule has 3 amide bonds. The summed E-state index contributed by atoms with van der Waals surface area (Å²) in [6.07, 6.45) is 3.49. The lowest BCUT2D eigenvalue weighted by Crippen LogP contribution is -2.28. The Hall–Kier alpha value is -3.46. The van der Waals surface area contributed by atoms with E-state index in [4.69, 9.17) is 4.42 Å². The molecule has 3 aromatic rings. The summed E-state index contributed by atoms with van der Waals surface area (Å²) >= 11 is 1.30. The Morgan fingerprint density at radius 1 is 1.21 bits per heavy atom. The van der Waals surface area contributed by atoms with E-state index in [0.29, 0.717) is 35.4 Å². The standard InChI is InChI=1S/C24H24N4O4S/c1-14(29)25-11-19-7-8-21(32-19)20-13-33-24(26-20)27-23(31)17-10-22(30)28(12-17)18-6-5-15-3-2-4-16(15)9-18/h5-9,13,17H,2-4,10-12H2,1H3,(H,25,29)(H,26,27,31). The number of hydrogen-bond donors (Lipinski definition) is 2. The minimum atomic E-state index is -0.425. The lowest BCUT2D eigenvalue weighted by molar-refractivity contribution is -0.122. The van der Waals surface area contributed by atoms with Gasteiger partial charge in [0.25, 0.3) is 0 Å². The second-order valence-corrected chi connectivity index (χ2v) is 9.27. The average Bonchev–Trinajstić information content (AvgIpc) is 3.57. The van der Waals surface area contributed by atoms with Crippen LogP contribution in [0.25, 0.3) is 11.5 Å². The van der Waals surface area contributed by atoms with Gasteiger partial charge in [-0.05, 0) is 54.7 Å². The molecule has 1 atom stereocenters. The first kappa shape index (κ1) is 21.4. The molecule has 0 spiro atoms. The van der Waals surface area contributed by atoms with Crippen molar-refractivity contribution in [3.05, 3.63) is 52.6 Å². The first-order valence-electron chi connectivity index (χ1n) is 11.0. The number of benzene rings is 1. The molecule has 9 heteroatoms. The van der Waals surface area contributed by atoms with Crippen molar-refractivity contribution in [2.45, 2.75) is 39.2 Å². The summed E-state index contributed by atoms with van der Waals surface area (Å²) in [4.78, 5) is 42.7. The largest absolute Gasteiger partial charge is 0.458 e. The Bertz CT molecular complexity index is 1230. The first-order valence-corrected chi connectivity index (χ1v) is 11.9. The molecule has 1 aliphatic carbocycles. The number of aryl methyl sites for hydroxylation is 2. The van der Waals surface area contributed by atoms with Gasteiger partial charge in [0.2, 0.25) is 17.7 Å². The SMILES string of the molecule is CC(=O)NCc1ccc(-c2csc(NC(=O)C3CC(=O)N(c4ccc5c(c4)CCC5)C3)n2)o1. The quantitative estimate of drug-likeness (QED) is 0.581. The van der Waals surface area contributed by atoms with Crippen molar-refractivity contribution in [3.8, 4) is 11.5 Å². The van der Waals surface area contributed by atoms with E-state index in [9.17, 15) is 14.4 Å². The molecule has 5 rings (SSSR count). The second kappa shape index (κ2) is 8.82. The third-order valence-corrected chi connectivity index (χ3v) is 6.81. The molecule has 1 saturated heterocycles. The van der Waals surface area contributed by atoms with Gasteiger partial charge < -0.3 is 20.0 Å². The van der Waals surface area contributed by atoms with E-state index < -0.39 is 5.92 Å². The molecule has 2 aliphatic rings. The minimum Gasteiger partial charge on any atom is -0.458 e. The van der Waals surface area contributed by atoms with Gasteiger partial charge in [0, 0.05) is 31.0 Å². The van der Waals surface area contributed by atoms with E-state index in [2.05, 4.69) is 27.8 Å². The van der Waals surface area contributed by atoms with Crippen molar-refractivity contribution in [1.29, 1.82) is 0 Å². The predicted octanol–water partition coefficient (Wildman–Crippen LogP) is 3.52. The second-order valence-electron chi connectivity index (χ2n) is 8.41. The average molecular weight is 465 g/mol. The van der Waals surface area contributed by atoms with Crippen LogP contribution in [-0.4, -0.2) is 29.3 Å². The van der Waals surface area contributed by atoms with Gasteiger partial charge in [-0.3, -0.25) is 14.4 Å². The molecular formula is C24H24N4O4S. The molecule has 2 aromatic heterocycles. The van der Waals surface area contributed by atoms with Crippen molar-refractivity contribution in [2.75, 3.05) is 16.8 Å². The van der Waals surface area contributed by atoms with Gasteiger partial charge in [0.1, 0.15) is 11.5 Å². The number of fused-ring (bicyclic) bond motifs is 1. The summed E-state index contributed by atoms with van der Waals surface area (Å²) in [5.74, 6) is 0.382. The van der Waals surface area contributed by atoms with Crippen molar-refractivity contribution < 1.29 is 18.8 Å². The molecule has 0 saturated carbocycles. The van der Waals surface area contributed by atoms with Gasteiger partial charge in [-0.1, -0.05) is 6.07 Å². The number of anilines is 2. The topological polar surface area (TPSA) is 105 Å². The van der Waals surface area contributed by atoms with E-state index in [1.807, 2.05) is 6.07 Å². The maximum atomic E-state index is 12.8. The molecule has 8 nitrogen and oxygen atoms in total. The van der Waals surface area contributed by atoms with Crippen LogP contribution in [0.5, 0.6) is 0 Å². The molecule has 3 heterocycles. The van der Waals surface area contributed by atoms with Gasteiger partial charge >= 0.3 is 0 Å². The number of furan rings is 1. The molecule has 1 aromatic carbocycles. The fourth-order valence-corrected chi connectivity index (χ4v) is 5.04. The monoisotopic (exact) mass is 464 g/mol. The summed E-state index contributed by atoms with van der Waals surface area (Å²) in [5.41, 5.74) is 4.15. The molecule has 1 unspecified atom stereocenters. The van der Waals surface area contributed by atoms with E-state index in [0.717, 1.165) is 24.9 Å². The first-order chi connectivity index (χ1) is 16.0. The zero-order valence-electron chi connectivity index (χ0n) is 18.2. The molecule has 1 aliphatic heterocycles. The number of nitrogens with one attached hydrogen (secondary N) is 2. The van der Waals surface area contributed by atoms with Crippen LogP contribution < -0.4 is 15.5 Å². The summed E-state index contributed by atoms with van der Waals surface area (Å²) in [7, 11) is 0. The highest BCUT2D eigenvalue weighted by Gasteiger charge is 2.35. The summed E-state index contributed by atoms with van der Waals surface area (Å²) in [5, 5.41) is 7.78. The molecule has 2 N–H and O–H groups in total. The predicted molar refractivity (Wildman–Crippen MR) is 125 cm³/mol. The van der Waals surface area contributed by atoms with Gasteiger partial charge in [-0.15, -0.1) is 11.3 Å². The van der Waals surface area contributed by atoms with Gasteiger partial charge in [0.05, 0.1) is 12.5 Å². The highest BCUT2D eigenvalue weighted by molar-refractivity contribution is 7.14. The van der Waals surface area contributed by atoms with Crippen LogP contribution in [0.2, 0.25) is 0 Å². The Balaban J connectivity index is 1.21. The maximum absolute atomic E-state index is 12.8. The number of thiazole rings is 1. The number of aromatic nitrogens is 1. The van der Waals surface area contributed by atoms with Crippen molar-refractivity contribution in [3.63, 3.8) is 0 Å². The molecule has 0 radical (unpaired) electrons. The number of carbonyl (C=O) groups excluding carboxylic acids is 3. The lowest BCUT2D eigenvalue weighted by Gasteiger charge is -2.17. The van der Waals surface area contributed by atoms with Crippen molar-refractivity contribution in [2.24, 2.45) is 5.92 Å². The summed E-state index contributed by atoms with van der Waals surface area (Å²) in [6.45, 7) is 2.12. The van der Waals surface area contributed by atoms with E-state index >= 15 is 0 Å². The lowest BCUT2D eigenvalue weighted by atomic mass is 10.1. The summed E-state index contributed by atoms with van der Waals surface area (Å²) < 4.78 is 5.71. The smallest absolute Gasteiger partial charge is 0.231 e. The minimum absolute atomic E-state index is 0.0322. The van der Waals surface area contributed by atoms with Crippen molar-refractivity contribution in [1.82, 2.24) is 10.3 Å². The number of hydrogen-bond acceptors (Lipinski definition) is 6. The fraction of sp³-hybridized carbons (Fsp3) is 0.333. The Labute approximate surface area is 195 Å². The zero-order valence-corrected chi connectivity index (χ0v) is 19.0. The van der Waals surface area contributed by atoms with Crippen LogP contribution in [0.4, 0.5) is 10.8 Å². The van der Waals surface area contributed by atoms with Crippen LogP contribution in [0.15, 0.2) is 40.1 Å². The Morgan fingerprint density at radius 3 is 2.91 bits per heavy atom. The number of carbonyl (C=O) groups is 3. The number of nitrogens with zero attached hydrogens (tertiary/aromatic N) is 2. The normalized spacial score (nSPS) is 17.3. The van der Waals surface area contributed by atoms with E-state index in [1.165, 1.54) is 29.4 Å². The fourth-order valence-electron chi connectivity index (χ4n) is 4.33.